The van der Waals surface area contributed by atoms with Crippen molar-refractivity contribution in [1.29, 1.82) is 0 Å². The van der Waals surface area contributed by atoms with E-state index in [1.165, 1.54) is 12.0 Å². The van der Waals surface area contributed by atoms with Crippen molar-refractivity contribution in [3.05, 3.63) is 17.4 Å². The number of benzene rings is 1. The highest BCUT2D eigenvalue weighted by molar-refractivity contribution is 7.42. The van der Waals surface area contributed by atoms with E-state index in [9.17, 15) is 14.4 Å². The second-order valence-corrected chi connectivity index (χ2v) is 10.7. The quantitative estimate of drug-likeness (QED) is 0.578. The van der Waals surface area contributed by atoms with E-state index in [0.29, 0.717) is 38.0 Å². The number of aromatic nitrogens is 1. The van der Waals surface area contributed by atoms with Crippen LogP contribution in [-0.4, -0.2) is 79.5 Å². The standard InChI is InChI=1S/C22H21FN5O7P/c1-8-11(7-32-2)28(21(31)34-8)16-10-5-9-6-22-15-17(36-19(22)25-20(30)24-18(22)29)33-4-3-27(15)13(9)12(23)14(10)35-26-16/h5,8,11,15,17H,3-4,6-7H2,1-2H3,(H2,24,25,29,30)/t8-,11-,15-,17+,22?/m1/s1. The van der Waals surface area contributed by atoms with Crippen LogP contribution in [0.3, 0.4) is 0 Å². The average molecular weight is 517 g/mol. The molecule has 5 aliphatic heterocycles. The summed E-state index contributed by atoms with van der Waals surface area (Å²) in [6.45, 7) is 2.62. The van der Waals surface area contributed by atoms with Crippen LogP contribution < -0.4 is 20.4 Å². The number of carbonyl (C=O) groups excluding carboxylic acids is 3. The Morgan fingerprint density at radius 1 is 1.33 bits per heavy atom. The molecule has 3 saturated heterocycles. The Morgan fingerprint density at radius 3 is 2.97 bits per heavy atom. The minimum Gasteiger partial charge on any atom is -0.444 e. The third-order valence-electron chi connectivity index (χ3n) is 7.69. The van der Waals surface area contributed by atoms with Crippen LogP contribution in [0.4, 0.5) is 25.5 Å². The lowest BCUT2D eigenvalue weighted by molar-refractivity contribution is -0.129. The molecule has 1 aromatic carbocycles. The van der Waals surface area contributed by atoms with Crippen LogP contribution in [0.5, 0.6) is 0 Å². The van der Waals surface area contributed by atoms with Gasteiger partial charge in [-0.1, -0.05) is 5.16 Å². The highest BCUT2D eigenvalue weighted by Crippen LogP contribution is 2.55. The number of methoxy groups -OCH3 is 1. The molecule has 5 aliphatic rings. The van der Waals surface area contributed by atoms with Gasteiger partial charge in [-0.2, -0.15) is 0 Å². The first-order valence-electron chi connectivity index (χ1n) is 11.5. The molecule has 1 unspecified atom stereocenters. The van der Waals surface area contributed by atoms with Crippen molar-refractivity contribution >= 4 is 54.1 Å². The second kappa shape index (κ2) is 7.37. The van der Waals surface area contributed by atoms with Gasteiger partial charge >= 0.3 is 12.1 Å². The van der Waals surface area contributed by atoms with Gasteiger partial charge in [-0.25, -0.2) is 18.9 Å². The summed E-state index contributed by atoms with van der Waals surface area (Å²) >= 11 is 0. The molecule has 3 fully saturated rings. The Hall–Kier alpha value is -3.28. The van der Waals surface area contributed by atoms with Crippen LogP contribution in [0.2, 0.25) is 0 Å². The Morgan fingerprint density at radius 2 is 2.17 bits per heavy atom. The summed E-state index contributed by atoms with van der Waals surface area (Å²) in [4.78, 5) is 41.3. The molecule has 36 heavy (non-hydrogen) atoms. The van der Waals surface area contributed by atoms with Gasteiger partial charge in [0.05, 0.1) is 35.7 Å². The largest absolute Gasteiger partial charge is 0.444 e. The number of rotatable bonds is 3. The maximum atomic E-state index is 16.1. The number of anilines is 2. The molecule has 1 aromatic heterocycles. The van der Waals surface area contributed by atoms with E-state index in [1.807, 2.05) is 4.90 Å². The molecule has 0 saturated carbocycles. The van der Waals surface area contributed by atoms with Crippen LogP contribution in [0, 0.1) is 11.2 Å². The number of morpholine rings is 1. The minimum absolute atomic E-state index is 0.0904. The van der Waals surface area contributed by atoms with E-state index in [4.69, 9.17) is 18.7 Å². The fraction of sp³-hybridized carbons (Fsp3) is 0.500. The van der Waals surface area contributed by atoms with E-state index in [-0.39, 0.29) is 29.8 Å². The van der Waals surface area contributed by atoms with Crippen LogP contribution >= 0.6 is 8.20 Å². The van der Waals surface area contributed by atoms with Crippen molar-refractivity contribution in [3.8, 4) is 0 Å². The zero-order chi connectivity index (χ0) is 24.9. The van der Waals surface area contributed by atoms with Crippen molar-refractivity contribution in [1.82, 2.24) is 15.8 Å². The number of hydrogen-bond donors (Lipinski definition) is 2. The lowest BCUT2D eigenvalue weighted by atomic mass is 9.69. The van der Waals surface area contributed by atoms with E-state index in [1.54, 1.807) is 13.0 Å². The summed E-state index contributed by atoms with van der Waals surface area (Å²) in [6, 6.07) is 0.153. The number of amides is 4. The summed E-state index contributed by atoms with van der Waals surface area (Å²) in [7, 11) is 2.19. The molecule has 1 spiro atoms. The average Bonchev–Trinajstić information content (AvgIpc) is 3.47. The number of ether oxygens (including phenoxy) is 3. The molecule has 0 aliphatic carbocycles. The number of urea groups is 1. The van der Waals surface area contributed by atoms with Gasteiger partial charge in [0.15, 0.2) is 11.6 Å². The monoisotopic (exact) mass is 517 g/mol. The third-order valence-corrected chi connectivity index (χ3v) is 9.15. The number of hydrogen-bond acceptors (Lipinski definition) is 9. The zero-order valence-corrected chi connectivity index (χ0v) is 20.1. The van der Waals surface area contributed by atoms with Gasteiger partial charge < -0.3 is 29.0 Å². The topological polar surface area (TPSA) is 135 Å². The number of cyclic esters (lactones) is 1. The van der Waals surface area contributed by atoms with Crippen LogP contribution in [0.25, 0.3) is 11.0 Å². The van der Waals surface area contributed by atoms with Gasteiger partial charge in [0.25, 0.3) is 0 Å². The molecular formula is C22H21FN5O7P. The van der Waals surface area contributed by atoms with Crippen molar-refractivity contribution in [2.24, 2.45) is 5.41 Å². The first-order chi connectivity index (χ1) is 17.3. The molecule has 2 N–H and O–H groups in total. The molecule has 0 radical (unpaired) electrons. The lowest BCUT2D eigenvalue weighted by Crippen LogP contribution is -2.71. The predicted octanol–water partition coefficient (Wildman–Crippen LogP) is 1.33. The van der Waals surface area contributed by atoms with Gasteiger partial charge in [0.1, 0.15) is 23.4 Å². The highest BCUT2D eigenvalue weighted by atomic mass is 31.1. The maximum Gasteiger partial charge on any atom is 0.416 e. The molecule has 7 rings (SSSR count). The second-order valence-electron chi connectivity index (χ2n) is 9.50. The molecule has 5 atom stereocenters. The van der Waals surface area contributed by atoms with Crippen LogP contribution in [0.1, 0.15) is 12.5 Å². The Kier molecular flexibility index (Phi) is 4.50. The van der Waals surface area contributed by atoms with Gasteiger partial charge in [0.2, 0.25) is 11.5 Å². The molecule has 2 aromatic rings. The Bertz CT molecular complexity index is 1400. The van der Waals surface area contributed by atoms with Crippen molar-refractivity contribution in [3.63, 3.8) is 0 Å². The van der Waals surface area contributed by atoms with E-state index in [2.05, 4.69) is 15.8 Å². The molecular weight excluding hydrogens is 496 g/mol. The summed E-state index contributed by atoms with van der Waals surface area (Å²) in [6.07, 6.45) is -0.967. The Balaban J connectivity index is 1.41. The Labute approximate surface area is 204 Å². The lowest BCUT2D eigenvalue weighted by Gasteiger charge is -2.52. The molecule has 4 amide bonds. The van der Waals surface area contributed by atoms with Gasteiger partial charge in [-0.3, -0.25) is 10.1 Å². The number of carbonyl (C=O) groups is 3. The molecule has 0 bridgehead atoms. The van der Waals surface area contributed by atoms with E-state index < -0.39 is 53.3 Å². The molecule has 14 heteroatoms. The minimum atomic E-state index is -1.12. The predicted molar refractivity (Wildman–Crippen MR) is 124 cm³/mol. The number of fused-ring (bicyclic) bond motifs is 3. The number of nitrogens with zero attached hydrogens (tertiary/aromatic N) is 3. The summed E-state index contributed by atoms with van der Waals surface area (Å²) in [5.74, 6) is -1.34. The van der Waals surface area contributed by atoms with Crippen molar-refractivity contribution < 1.29 is 37.5 Å². The number of nitrogens with one attached hydrogen (secondary N) is 2. The molecule has 12 nitrogen and oxygen atoms in total. The van der Waals surface area contributed by atoms with Crippen molar-refractivity contribution in [2.45, 2.75) is 37.4 Å². The van der Waals surface area contributed by atoms with Crippen LogP contribution in [0.15, 0.2) is 10.6 Å². The highest BCUT2D eigenvalue weighted by Gasteiger charge is 2.65. The molecule has 6 heterocycles. The van der Waals surface area contributed by atoms with Gasteiger partial charge in [-0.15, -0.1) is 0 Å². The SMILES string of the molecule is COC[C@@H]1[C@@H](C)OC(=O)N1c1noc2c(F)c3c(cc12)CC12C(=O)NC(=O)NC1=P[C@@H]1OCCN3[C@H]12. The smallest absolute Gasteiger partial charge is 0.416 e. The molecule has 188 valence electrons. The number of imide groups is 1. The summed E-state index contributed by atoms with van der Waals surface area (Å²) in [5.41, 5.74) is 0.205. The fourth-order valence-corrected chi connectivity index (χ4v) is 7.87. The third kappa shape index (κ3) is 2.62. The van der Waals surface area contributed by atoms with E-state index >= 15 is 4.39 Å². The summed E-state index contributed by atoms with van der Waals surface area (Å²) in [5, 5.41) is 9.52. The van der Waals surface area contributed by atoms with E-state index in [0.717, 1.165) is 0 Å². The van der Waals surface area contributed by atoms with Gasteiger partial charge in [-0.05, 0) is 33.2 Å². The van der Waals surface area contributed by atoms with Crippen molar-refractivity contribution in [2.75, 3.05) is 36.7 Å². The normalized spacial score (nSPS) is 33.0. The van der Waals surface area contributed by atoms with Crippen LogP contribution in [-0.2, 0) is 25.4 Å². The zero-order valence-electron chi connectivity index (χ0n) is 19.2. The van der Waals surface area contributed by atoms with Gasteiger partial charge in [0, 0.05) is 13.7 Å². The summed E-state index contributed by atoms with van der Waals surface area (Å²) < 4.78 is 38.2. The fourth-order valence-electron chi connectivity index (χ4n) is 6.17. The number of halogens is 1. The first-order valence-corrected chi connectivity index (χ1v) is 12.5. The maximum absolute atomic E-state index is 16.1. The first kappa shape index (κ1) is 22.0.